The smallest absolute Gasteiger partial charge is 0.270 e. The number of thioether (sulfide) groups is 2. The number of aryl methyl sites for hydroxylation is 1. The van der Waals surface area contributed by atoms with Gasteiger partial charge in [0.05, 0.1) is 10.6 Å². The molecule has 1 saturated heterocycles. The fraction of sp³-hybridized carbons (Fsp3) is 0.0909. The Balaban J connectivity index is 1.45. The number of halogens is 1. The van der Waals surface area contributed by atoms with Crippen LogP contribution in [0.2, 0.25) is 5.02 Å². The van der Waals surface area contributed by atoms with Crippen LogP contribution in [0.3, 0.4) is 0 Å². The Bertz CT molecular complexity index is 1090. The second kappa shape index (κ2) is 8.79. The van der Waals surface area contributed by atoms with Crippen LogP contribution in [0, 0.1) is 6.92 Å². The third-order valence-corrected chi connectivity index (χ3v) is 6.79. The van der Waals surface area contributed by atoms with Crippen molar-refractivity contribution in [1.29, 1.82) is 0 Å². The fourth-order valence-corrected chi connectivity index (χ4v) is 4.96. The average molecular weight is 458 g/mol. The van der Waals surface area contributed by atoms with E-state index in [1.54, 1.807) is 22.7 Å². The molecule has 29 heavy (non-hydrogen) atoms. The van der Waals surface area contributed by atoms with Gasteiger partial charge in [-0.1, -0.05) is 77.2 Å². The normalized spacial score (nSPS) is 15.5. The maximum Gasteiger partial charge on any atom is 0.270 e. The summed E-state index contributed by atoms with van der Waals surface area (Å²) in [6, 6.07) is 19.3. The van der Waals surface area contributed by atoms with E-state index in [-0.39, 0.29) is 5.91 Å². The lowest BCUT2D eigenvalue weighted by molar-refractivity contribution is -0.113. The number of hydrogen-bond acceptors (Lipinski definition) is 5. The Hall–Kier alpha value is -1.99. The number of hydrogen-bond donors (Lipinski definition) is 0. The van der Waals surface area contributed by atoms with E-state index in [1.165, 1.54) is 11.8 Å². The number of benzene rings is 2. The molecule has 0 spiro atoms. The van der Waals surface area contributed by atoms with Gasteiger partial charge in [0, 0.05) is 16.9 Å². The van der Waals surface area contributed by atoms with Gasteiger partial charge in [-0.05, 0) is 48.9 Å². The number of nitrogens with zero attached hydrogens (tertiary/aromatic N) is 1. The van der Waals surface area contributed by atoms with Crippen LogP contribution < -0.4 is 4.90 Å². The number of anilines is 1. The molecule has 3 aromatic rings. The van der Waals surface area contributed by atoms with Crippen molar-refractivity contribution in [2.24, 2.45) is 0 Å². The molecule has 0 saturated carbocycles. The van der Waals surface area contributed by atoms with Gasteiger partial charge >= 0.3 is 0 Å². The average Bonchev–Trinajstić information content (AvgIpc) is 3.26. The molecule has 3 nitrogen and oxygen atoms in total. The first-order chi connectivity index (χ1) is 14.0. The van der Waals surface area contributed by atoms with Crippen LogP contribution in [0.1, 0.15) is 16.9 Å². The first kappa shape index (κ1) is 20.3. The van der Waals surface area contributed by atoms with Gasteiger partial charge in [-0.25, -0.2) is 0 Å². The molecule has 0 radical (unpaired) electrons. The van der Waals surface area contributed by atoms with Gasteiger partial charge in [0.25, 0.3) is 5.91 Å². The largest absolute Gasteiger partial charge is 0.450 e. The molecule has 2 aromatic carbocycles. The monoisotopic (exact) mass is 457 g/mol. The number of amides is 1. The van der Waals surface area contributed by atoms with Crippen LogP contribution in [-0.2, 0) is 10.5 Å². The van der Waals surface area contributed by atoms with Crippen molar-refractivity contribution in [3.63, 3.8) is 0 Å². The number of rotatable bonds is 5. The molecular formula is C22H16ClNO2S3. The van der Waals surface area contributed by atoms with Crippen molar-refractivity contribution in [1.82, 2.24) is 0 Å². The van der Waals surface area contributed by atoms with E-state index >= 15 is 0 Å². The topological polar surface area (TPSA) is 33.5 Å². The minimum absolute atomic E-state index is 0.129. The highest BCUT2D eigenvalue weighted by Crippen LogP contribution is 2.36. The second-order valence-corrected chi connectivity index (χ2v) is 9.52. The summed E-state index contributed by atoms with van der Waals surface area (Å²) in [5.74, 6) is 1.28. The van der Waals surface area contributed by atoms with Gasteiger partial charge in [0.15, 0.2) is 9.41 Å². The summed E-state index contributed by atoms with van der Waals surface area (Å²) in [7, 11) is 0. The highest BCUT2D eigenvalue weighted by molar-refractivity contribution is 8.27. The molecule has 1 fully saturated rings. The van der Waals surface area contributed by atoms with Gasteiger partial charge in [-0.15, -0.1) is 0 Å². The lowest BCUT2D eigenvalue weighted by Crippen LogP contribution is -2.27. The van der Waals surface area contributed by atoms with Crippen molar-refractivity contribution >= 4 is 69.3 Å². The molecule has 0 N–H and O–H groups in total. The highest BCUT2D eigenvalue weighted by atomic mass is 35.5. The molecule has 4 rings (SSSR count). The number of carbonyl (C=O) groups is 1. The van der Waals surface area contributed by atoms with E-state index in [0.717, 1.165) is 32.7 Å². The lowest BCUT2D eigenvalue weighted by atomic mass is 10.2. The molecule has 7 heteroatoms. The maximum absolute atomic E-state index is 12.8. The van der Waals surface area contributed by atoms with E-state index in [2.05, 4.69) is 0 Å². The molecule has 0 unspecified atom stereocenters. The molecular weight excluding hydrogens is 442 g/mol. The van der Waals surface area contributed by atoms with Crippen LogP contribution in [0.4, 0.5) is 5.69 Å². The molecule has 1 aliphatic heterocycles. The van der Waals surface area contributed by atoms with E-state index in [0.29, 0.717) is 15.0 Å². The van der Waals surface area contributed by atoms with Crippen molar-refractivity contribution in [2.75, 3.05) is 4.90 Å². The molecule has 1 aromatic heterocycles. The highest BCUT2D eigenvalue weighted by Gasteiger charge is 2.33. The van der Waals surface area contributed by atoms with Crippen molar-refractivity contribution < 1.29 is 9.21 Å². The van der Waals surface area contributed by atoms with Crippen LogP contribution in [0.25, 0.3) is 6.08 Å². The maximum atomic E-state index is 12.8. The van der Waals surface area contributed by atoms with Crippen molar-refractivity contribution in [2.45, 2.75) is 17.8 Å². The quantitative estimate of drug-likeness (QED) is 0.235. The molecule has 0 bridgehead atoms. The summed E-state index contributed by atoms with van der Waals surface area (Å²) < 4.78 is 6.39. The van der Waals surface area contributed by atoms with Gasteiger partial charge in [0.2, 0.25) is 0 Å². The summed E-state index contributed by atoms with van der Waals surface area (Å²) in [5.41, 5.74) is 3.07. The molecule has 0 atom stereocenters. The number of furan rings is 1. The Kier molecular flexibility index (Phi) is 6.15. The summed E-state index contributed by atoms with van der Waals surface area (Å²) in [5, 5.41) is 1.52. The second-order valence-electron chi connectivity index (χ2n) is 6.42. The van der Waals surface area contributed by atoms with E-state index < -0.39 is 0 Å². The third-order valence-electron chi connectivity index (χ3n) is 4.26. The first-order valence-corrected chi connectivity index (χ1v) is 11.4. The Morgan fingerprint density at radius 3 is 2.55 bits per heavy atom. The number of thiocarbonyl (C=S) groups is 1. The van der Waals surface area contributed by atoms with Crippen LogP contribution in [0.15, 0.2) is 75.1 Å². The SMILES string of the molecule is Cc1ccc(N2C(=O)/C(=C/c3ccc(SCc4ccc(Cl)cc4)o3)SC2=S)cc1. The molecule has 0 aliphatic carbocycles. The third kappa shape index (κ3) is 4.78. The zero-order chi connectivity index (χ0) is 20.4. The standard InChI is InChI=1S/C22H16ClNO2S3/c1-14-2-8-17(9-3-14)24-21(25)19(29-22(24)27)12-18-10-11-20(26-18)28-13-15-4-6-16(23)7-5-15/h2-12H,13H2,1H3/b19-12-. The zero-order valence-corrected chi connectivity index (χ0v) is 18.6. The molecule has 1 aliphatic rings. The summed E-state index contributed by atoms with van der Waals surface area (Å²) >= 11 is 14.2. The summed E-state index contributed by atoms with van der Waals surface area (Å²) in [6.45, 7) is 2.01. The van der Waals surface area contributed by atoms with Crippen molar-refractivity contribution in [3.05, 3.63) is 87.5 Å². The van der Waals surface area contributed by atoms with Gasteiger partial charge in [0.1, 0.15) is 5.76 Å². The van der Waals surface area contributed by atoms with Gasteiger partial charge in [-0.3, -0.25) is 9.69 Å². The van der Waals surface area contributed by atoms with E-state index in [1.807, 2.05) is 67.6 Å². The predicted molar refractivity (Wildman–Crippen MR) is 127 cm³/mol. The lowest BCUT2D eigenvalue weighted by Gasteiger charge is -2.14. The van der Waals surface area contributed by atoms with Crippen molar-refractivity contribution in [3.8, 4) is 0 Å². The fourth-order valence-electron chi connectivity index (χ4n) is 2.74. The summed E-state index contributed by atoms with van der Waals surface area (Å²) in [6.07, 6.45) is 1.75. The number of carbonyl (C=O) groups excluding carboxylic acids is 1. The minimum atomic E-state index is -0.129. The van der Waals surface area contributed by atoms with Gasteiger partial charge in [-0.2, -0.15) is 0 Å². The van der Waals surface area contributed by atoms with Crippen LogP contribution in [-0.4, -0.2) is 10.2 Å². The Morgan fingerprint density at radius 1 is 1.10 bits per heavy atom. The first-order valence-electron chi connectivity index (χ1n) is 8.81. The Labute approximate surface area is 188 Å². The summed E-state index contributed by atoms with van der Waals surface area (Å²) in [4.78, 5) is 15.0. The molecule has 146 valence electrons. The van der Waals surface area contributed by atoms with Gasteiger partial charge < -0.3 is 4.42 Å². The minimum Gasteiger partial charge on any atom is -0.450 e. The van der Waals surface area contributed by atoms with E-state index in [4.69, 9.17) is 28.2 Å². The van der Waals surface area contributed by atoms with E-state index in [9.17, 15) is 4.79 Å². The molecule has 1 amide bonds. The molecule has 2 heterocycles. The van der Waals surface area contributed by atoms with Crippen LogP contribution >= 0.6 is 47.3 Å². The predicted octanol–water partition coefficient (Wildman–Crippen LogP) is 6.94. The zero-order valence-electron chi connectivity index (χ0n) is 15.4. The van der Waals surface area contributed by atoms with Crippen LogP contribution in [0.5, 0.6) is 0 Å². The Morgan fingerprint density at radius 2 is 1.83 bits per heavy atom.